The molecule has 1 aliphatic rings. The fourth-order valence-corrected chi connectivity index (χ4v) is 3.86. The van der Waals surface area contributed by atoms with Gasteiger partial charge >= 0.3 is 6.09 Å². The van der Waals surface area contributed by atoms with Crippen molar-refractivity contribution in [2.75, 3.05) is 10.6 Å². The number of phenols is 1. The number of amides is 2. The van der Waals surface area contributed by atoms with E-state index >= 15 is 0 Å². The summed E-state index contributed by atoms with van der Waals surface area (Å²) < 4.78 is 5.33. The van der Waals surface area contributed by atoms with Crippen LogP contribution in [-0.2, 0) is 17.6 Å². The number of carbonyl (C=O) groups excluding carboxylic acids is 2. The standard InChI is InChI=1S/C26H28N4O4/c1-26(2,3)34-25(33)29-20-14-22(30-23(15-20)27-18-9-6-10-21(31)13-18)24(32)28-19-11-16-7-4-5-8-17(16)12-19/h4-10,13-15,19,31H,11-12H2,1-3H3,(H,28,32)(H2,27,29,30,33). The number of ether oxygens (including phenoxy) is 1. The summed E-state index contributed by atoms with van der Waals surface area (Å²) in [5.41, 5.74) is 2.87. The van der Waals surface area contributed by atoms with Crippen molar-refractivity contribution in [3.8, 4) is 5.75 Å². The van der Waals surface area contributed by atoms with Gasteiger partial charge < -0.3 is 20.5 Å². The molecular weight excluding hydrogens is 432 g/mol. The molecule has 0 saturated heterocycles. The van der Waals surface area contributed by atoms with Crippen LogP contribution < -0.4 is 16.0 Å². The van der Waals surface area contributed by atoms with Gasteiger partial charge in [0.15, 0.2) is 0 Å². The molecule has 1 aliphatic carbocycles. The summed E-state index contributed by atoms with van der Waals surface area (Å²) in [7, 11) is 0. The highest BCUT2D eigenvalue weighted by molar-refractivity contribution is 5.95. The Hall–Kier alpha value is -4.07. The van der Waals surface area contributed by atoms with Crippen LogP contribution >= 0.6 is 0 Å². The lowest BCUT2D eigenvalue weighted by Crippen LogP contribution is -2.36. The van der Waals surface area contributed by atoms with Gasteiger partial charge in [-0.05, 0) is 62.9 Å². The number of anilines is 3. The Morgan fingerprint density at radius 3 is 2.32 bits per heavy atom. The van der Waals surface area contributed by atoms with Crippen molar-refractivity contribution in [3.63, 3.8) is 0 Å². The number of aromatic nitrogens is 1. The number of fused-ring (bicyclic) bond motifs is 1. The molecule has 2 aromatic carbocycles. The zero-order chi connectivity index (χ0) is 24.3. The SMILES string of the molecule is CC(C)(C)OC(=O)Nc1cc(Nc2cccc(O)c2)nc(C(=O)NC2Cc3ccccc3C2)c1. The number of phenolic OH excluding ortho intramolecular Hbond substituents is 1. The van der Waals surface area contributed by atoms with Crippen molar-refractivity contribution in [2.45, 2.75) is 45.3 Å². The van der Waals surface area contributed by atoms with Crippen molar-refractivity contribution >= 4 is 29.2 Å². The fraction of sp³-hybridized carbons (Fsp3) is 0.269. The van der Waals surface area contributed by atoms with E-state index in [0.29, 0.717) is 17.2 Å². The van der Waals surface area contributed by atoms with Crippen LogP contribution in [0, 0.1) is 0 Å². The maximum Gasteiger partial charge on any atom is 0.412 e. The number of pyridine rings is 1. The summed E-state index contributed by atoms with van der Waals surface area (Å²) in [6, 6.07) is 17.7. The molecule has 8 nitrogen and oxygen atoms in total. The number of rotatable bonds is 5. The molecule has 176 valence electrons. The van der Waals surface area contributed by atoms with Gasteiger partial charge in [-0.2, -0.15) is 0 Å². The van der Waals surface area contributed by atoms with Crippen molar-refractivity contribution in [3.05, 3.63) is 77.5 Å². The summed E-state index contributed by atoms with van der Waals surface area (Å²) >= 11 is 0. The molecule has 34 heavy (non-hydrogen) atoms. The van der Waals surface area contributed by atoms with E-state index in [1.165, 1.54) is 23.3 Å². The minimum Gasteiger partial charge on any atom is -0.508 e. The van der Waals surface area contributed by atoms with Crippen LogP contribution in [0.3, 0.4) is 0 Å². The highest BCUT2D eigenvalue weighted by Crippen LogP contribution is 2.25. The number of nitrogens with one attached hydrogen (secondary N) is 3. The minimum atomic E-state index is -0.669. The van der Waals surface area contributed by atoms with Gasteiger partial charge in [-0.25, -0.2) is 9.78 Å². The number of aromatic hydroxyl groups is 1. The molecule has 8 heteroatoms. The van der Waals surface area contributed by atoms with Gasteiger partial charge in [-0.3, -0.25) is 10.1 Å². The Morgan fingerprint density at radius 2 is 1.68 bits per heavy atom. The van der Waals surface area contributed by atoms with Crippen LogP contribution in [0.4, 0.5) is 22.0 Å². The second-order valence-electron chi connectivity index (χ2n) is 9.28. The van der Waals surface area contributed by atoms with Crippen molar-refractivity contribution < 1.29 is 19.4 Å². The van der Waals surface area contributed by atoms with Crippen LogP contribution in [0.5, 0.6) is 5.75 Å². The monoisotopic (exact) mass is 460 g/mol. The number of nitrogens with zero attached hydrogens (tertiary/aromatic N) is 1. The predicted molar refractivity (Wildman–Crippen MR) is 131 cm³/mol. The van der Waals surface area contributed by atoms with Gasteiger partial charge in [-0.15, -0.1) is 0 Å². The van der Waals surface area contributed by atoms with E-state index < -0.39 is 11.7 Å². The normalized spacial score (nSPS) is 13.1. The van der Waals surface area contributed by atoms with Crippen molar-refractivity contribution in [1.82, 2.24) is 10.3 Å². The van der Waals surface area contributed by atoms with Crippen LogP contribution in [0.15, 0.2) is 60.7 Å². The van der Waals surface area contributed by atoms with Gasteiger partial charge in [0.2, 0.25) is 0 Å². The maximum atomic E-state index is 13.1. The number of carbonyl (C=O) groups is 2. The highest BCUT2D eigenvalue weighted by Gasteiger charge is 2.24. The van der Waals surface area contributed by atoms with E-state index in [1.54, 1.807) is 45.0 Å². The van der Waals surface area contributed by atoms with Crippen LogP contribution in [0.25, 0.3) is 0 Å². The molecule has 1 aromatic heterocycles. The van der Waals surface area contributed by atoms with Crippen molar-refractivity contribution in [2.24, 2.45) is 0 Å². The molecule has 0 saturated carbocycles. The molecule has 3 aromatic rings. The average molecular weight is 461 g/mol. The van der Waals surface area contributed by atoms with Gasteiger partial charge in [0.25, 0.3) is 5.91 Å². The van der Waals surface area contributed by atoms with Crippen LogP contribution in [0.1, 0.15) is 42.4 Å². The summed E-state index contributed by atoms with van der Waals surface area (Å²) in [4.78, 5) is 29.8. The first-order chi connectivity index (χ1) is 16.1. The molecule has 4 rings (SSSR count). The number of hydrogen-bond acceptors (Lipinski definition) is 6. The van der Waals surface area contributed by atoms with Crippen LogP contribution in [0.2, 0.25) is 0 Å². The zero-order valence-electron chi connectivity index (χ0n) is 19.4. The van der Waals surface area contributed by atoms with Gasteiger partial charge in [0, 0.05) is 23.9 Å². The molecule has 0 fully saturated rings. The molecule has 0 atom stereocenters. The Kier molecular flexibility index (Phi) is 6.40. The first-order valence-corrected chi connectivity index (χ1v) is 11.1. The fourth-order valence-electron chi connectivity index (χ4n) is 3.86. The predicted octanol–water partition coefficient (Wildman–Crippen LogP) is 4.78. The van der Waals surface area contributed by atoms with Gasteiger partial charge in [-0.1, -0.05) is 30.3 Å². The molecule has 4 N–H and O–H groups in total. The molecular formula is C26H28N4O4. The number of benzene rings is 2. The first kappa shape index (κ1) is 23.1. The second-order valence-corrected chi connectivity index (χ2v) is 9.28. The smallest absolute Gasteiger partial charge is 0.412 e. The summed E-state index contributed by atoms with van der Waals surface area (Å²) in [5, 5.41) is 18.5. The van der Waals surface area contributed by atoms with Crippen molar-refractivity contribution in [1.29, 1.82) is 0 Å². The lowest BCUT2D eigenvalue weighted by atomic mass is 10.1. The second kappa shape index (κ2) is 9.43. The van der Waals surface area contributed by atoms with E-state index in [4.69, 9.17) is 4.74 Å². The number of hydrogen-bond donors (Lipinski definition) is 4. The first-order valence-electron chi connectivity index (χ1n) is 11.1. The van der Waals surface area contributed by atoms with E-state index in [-0.39, 0.29) is 23.4 Å². The van der Waals surface area contributed by atoms with E-state index in [2.05, 4.69) is 33.1 Å². The summed E-state index contributed by atoms with van der Waals surface area (Å²) in [5.74, 6) is 0.0791. The molecule has 0 spiro atoms. The molecule has 0 bridgehead atoms. The molecule has 1 heterocycles. The third-order valence-electron chi connectivity index (χ3n) is 5.21. The lowest BCUT2D eigenvalue weighted by Gasteiger charge is -2.20. The minimum absolute atomic E-state index is 0.0309. The van der Waals surface area contributed by atoms with E-state index in [1.807, 2.05) is 12.1 Å². The van der Waals surface area contributed by atoms with E-state index in [9.17, 15) is 14.7 Å². The quantitative estimate of drug-likeness (QED) is 0.436. The summed E-state index contributed by atoms with van der Waals surface area (Å²) in [6.07, 6.45) is 0.873. The third kappa shape index (κ3) is 6.04. The average Bonchev–Trinajstić information content (AvgIpc) is 3.14. The zero-order valence-corrected chi connectivity index (χ0v) is 19.4. The largest absolute Gasteiger partial charge is 0.508 e. The lowest BCUT2D eigenvalue weighted by molar-refractivity contribution is 0.0635. The Bertz CT molecular complexity index is 1190. The van der Waals surface area contributed by atoms with E-state index in [0.717, 1.165) is 12.8 Å². The Morgan fingerprint density at radius 1 is 0.971 bits per heavy atom. The molecule has 0 unspecified atom stereocenters. The van der Waals surface area contributed by atoms with Gasteiger partial charge in [0.05, 0.1) is 5.69 Å². The maximum absolute atomic E-state index is 13.1. The topological polar surface area (TPSA) is 113 Å². The summed E-state index contributed by atoms with van der Waals surface area (Å²) in [6.45, 7) is 5.31. The Labute approximate surface area is 198 Å². The Balaban J connectivity index is 1.55. The molecule has 0 radical (unpaired) electrons. The van der Waals surface area contributed by atoms with Gasteiger partial charge in [0.1, 0.15) is 22.9 Å². The third-order valence-corrected chi connectivity index (χ3v) is 5.21. The molecule has 0 aliphatic heterocycles. The highest BCUT2D eigenvalue weighted by atomic mass is 16.6. The molecule has 2 amide bonds. The van der Waals surface area contributed by atoms with Crippen LogP contribution in [-0.4, -0.2) is 33.7 Å².